The Balaban J connectivity index is 2.10. The maximum absolute atomic E-state index is 5.60. The van der Waals surface area contributed by atoms with Crippen molar-refractivity contribution >= 4 is 0 Å². The Labute approximate surface area is 85.7 Å². The first-order valence-electron chi connectivity index (χ1n) is 5.29. The summed E-state index contributed by atoms with van der Waals surface area (Å²) in [6.07, 6.45) is 3.78. The van der Waals surface area contributed by atoms with Crippen LogP contribution in [-0.4, -0.2) is 45.7 Å². The van der Waals surface area contributed by atoms with E-state index in [-0.39, 0.29) is 12.2 Å². The molecule has 0 radical (unpaired) electrons. The molecule has 0 bridgehead atoms. The number of nitrogens with two attached hydrogens (primary N) is 1. The summed E-state index contributed by atoms with van der Waals surface area (Å²) in [6, 6.07) is 0. The molecule has 1 aliphatic rings. The van der Waals surface area contributed by atoms with Gasteiger partial charge in [0, 0.05) is 20.3 Å². The summed E-state index contributed by atoms with van der Waals surface area (Å²) < 4.78 is 16.1. The van der Waals surface area contributed by atoms with Crippen molar-refractivity contribution in [2.75, 3.05) is 33.5 Å². The lowest BCUT2D eigenvalue weighted by molar-refractivity contribution is -0.0746. The van der Waals surface area contributed by atoms with Crippen molar-refractivity contribution in [1.82, 2.24) is 0 Å². The highest BCUT2D eigenvalue weighted by atomic mass is 16.6. The minimum absolute atomic E-state index is 0.00512. The van der Waals surface area contributed by atoms with E-state index in [9.17, 15) is 0 Å². The molecule has 1 fully saturated rings. The molecule has 1 saturated heterocycles. The van der Waals surface area contributed by atoms with Crippen molar-refractivity contribution < 1.29 is 14.2 Å². The van der Waals surface area contributed by atoms with Gasteiger partial charge in [0.1, 0.15) is 0 Å². The average Bonchev–Trinajstić information content (AvgIpc) is 2.25. The number of rotatable bonds is 6. The highest BCUT2D eigenvalue weighted by Gasteiger charge is 2.16. The van der Waals surface area contributed by atoms with Crippen LogP contribution in [0.2, 0.25) is 0 Å². The molecule has 0 aromatic carbocycles. The molecule has 1 heterocycles. The van der Waals surface area contributed by atoms with Crippen LogP contribution in [0.4, 0.5) is 0 Å². The molecule has 2 N–H and O–H groups in total. The third-order valence-electron chi connectivity index (χ3n) is 2.41. The number of hydrogen-bond donors (Lipinski definition) is 1. The second kappa shape index (κ2) is 7.17. The van der Waals surface area contributed by atoms with Crippen LogP contribution in [0.5, 0.6) is 0 Å². The van der Waals surface area contributed by atoms with Crippen molar-refractivity contribution in [2.45, 2.75) is 31.5 Å². The first kappa shape index (κ1) is 11.9. The van der Waals surface area contributed by atoms with Gasteiger partial charge in [0.15, 0.2) is 0 Å². The predicted molar refractivity (Wildman–Crippen MR) is 54.3 cm³/mol. The molecule has 0 amide bonds. The lowest BCUT2D eigenvalue weighted by atomic mass is 10.1. The van der Waals surface area contributed by atoms with Gasteiger partial charge in [-0.3, -0.25) is 0 Å². The maximum atomic E-state index is 5.60. The molecular weight excluding hydrogens is 182 g/mol. The molecule has 4 nitrogen and oxygen atoms in total. The van der Waals surface area contributed by atoms with Gasteiger partial charge in [-0.15, -0.1) is 0 Å². The molecular formula is C10H21NO3. The molecule has 14 heavy (non-hydrogen) atoms. The van der Waals surface area contributed by atoms with Crippen molar-refractivity contribution in [1.29, 1.82) is 0 Å². The normalized spacial score (nSPS) is 24.9. The summed E-state index contributed by atoms with van der Waals surface area (Å²) in [6.45, 7) is 2.57. The van der Waals surface area contributed by atoms with Gasteiger partial charge in [0.2, 0.25) is 0 Å². The number of hydrogen-bond acceptors (Lipinski definition) is 4. The first-order valence-corrected chi connectivity index (χ1v) is 5.29. The second-order valence-corrected chi connectivity index (χ2v) is 3.63. The largest absolute Gasteiger partial charge is 0.382 e. The zero-order valence-corrected chi connectivity index (χ0v) is 8.91. The monoisotopic (exact) mass is 203 g/mol. The fourth-order valence-electron chi connectivity index (χ4n) is 1.55. The average molecular weight is 203 g/mol. The van der Waals surface area contributed by atoms with E-state index in [1.54, 1.807) is 7.11 Å². The van der Waals surface area contributed by atoms with Gasteiger partial charge < -0.3 is 19.9 Å². The van der Waals surface area contributed by atoms with Crippen LogP contribution < -0.4 is 5.73 Å². The zero-order chi connectivity index (χ0) is 10.2. The standard InChI is InChI=1S/C10H21NO3/c1-12-7-10(6-11)14-8-9-4-2-3-5-13-9/h9-10H,2-8,11H2,1H3. The van der Waals surface area contributed by atoms with Crippen LogP contribution in [0, 0.1) is 0 Å². The quantitative estimate of drug-likeness (QED) is 0.685. The van der Waals surface area contributed by atoms with Gasteiger partial charge in [0.25, 0.3) is 0 Å². The Hall–Kier alpha value is -0.160. The van der Waals surface area contributed by atoms with Crippen molar-refractivity contribution in [2.24, 2.45) is 5.73 Å². The fourth-order valence-corrected chi connectivity index (χ4v) is 1.55. The molecule has 2 unspecified atom stereocenters. The molecule has 0 aromatic heterocycles. The predicted octanol–water partition coefficient (Wildman–Crippen LogP) is 0.546. The molecule has 0 aromatic rings. The third-order valence-corrected chi connectivity index (χ3v) is 2.41. The SMILES string of the molecule is COCC(CN)OCC1CCCCO1. The van der Waals surface area contributed by atoms with Crippen molar-refractivity contribution in [3.05, 3.63) is 0 Å². The smallest absolute Gasteiger partial charge is 0.0931 e. The van der Waals surface area contributed by atoms with Gasteiger partial charge in [0.05, 0.1) is 25.4 Å². The van der Waals surface area contributed by atoms with E-state index in [0.717, 1.165) is 13.0 Å². The van der Waals surface area contributed by atoms with Crippen LogP contribution in [0.1, 0.15) is 19.3 Å². The minimum Gasteiger partial charge on any atom is -0.382 e. The summed E-state index contributed by atoms with van der Waals surface area (Å²) in [5, 5.41) is 0. The Morgan fingerprint density at radius 2 is 2.36 bits per heavy atom. The molecule has 0 spiro atoms. The van der Waals surface area contributed by atoms with Crippen LogP contribution in [0.15, 0.2) is 0 Å². The Morgan fingerprint density at radius 1 is 1.50 bits per heavy atom. The first-order chi connectivity index (χ1) is 6.86. The topological polar surface area (TPSA) is 53.7 Å². The second-order valence-electron chi connectivity index (χ2n) is 3.63. The number of methoxy groups -OCH3 is 1. The highest BCUT2D eigenvalue weighted by molar-refractivity contribution is 4.65. The van der Waals surface area contributed by atoms with Crippen LogP contribution >= 0.6 is 0 Å². The van der Waals surface area contributed by atoms with Gasteiger partial charge in [-0.1, -0.05) is 0 Å². The van der Waals surface area contributed by atoms with Crippen molar-refractivity contribution in [3.8, 4) is 0 Å². The van der Waals surface area contributed by atoms with Gasteiger partial charge in [-0.05, 0) is 19.3 Å². The van der Waals surface area contributed by atoms with Crippen LogP contribution in [0.25, 0.3) is 0 Å². The summed E-state index contributed by atoms with van der Waals surface area (Å²) in [5.74, 6) is 0. The van der Waals surface area contributed by atoms with E-state index < -0.39 is 0 Å². The van der Waals surface area contributed by atoms with E-state index in [1.807, 2.05) is 0 Å². The van der Waals surface area contributed by atoms with E-state index in [4.69, 9.17) is 19.9 Å². The Kier molecular flexibility index (Phi) is 6.10. The Bertz CT molecular complexity index is 133. The molecule has 0 saturated carbocycles. The van der Waals surface area contributed by atoms with E-state index in [2.05, 4.69) is 0 Å². The van der Waals surface area contributed by atoms with Gasteiger partial charge in [-0.2, -0.15) is 0 Å². The molecule has 1 rings (SSSR count). The minimum atomic E-state index is 0.00512. The maximum Gasteiger partial charge on any atom is 0.0931 e. The summed E-state index contributed by atoms with van der Waals surface area (Å²) in [4.78, 5) is 0. The molecule has 1 aliphatic heterocycles. The molecule has 0 aliphatic carbocycles. The lowest BCUT2D eigenvalue weighted by Gasteiger charge is -2.24. The number of ether oxygens (including phenoxy) is 3. The van der Waals surface area contributed by atoms with E-state index in [0.29, 0.717) is 19.8 Å². The highest BCUT2D eigenvalue weighted by Crippen LogP contribution is 2.13. The lowest BCUT2D eigenvalue weighted by Crippen LogP contribution is -2.33. The summed E-state index contributed by atoms with van der Waals surface area (Å²) in [5.41, 5.74) is 5.53. The van der Waals surface area contributed by atoms with Crippen LogP contribution in [-0.2, 0) is 14.2 Å². The zero-order valence-electron chi connectivity index (χ0n) is 8.91. The van der Waals surface area contributed by atoms with Crippen LogP contribution in [0.3, 0.4) is 0 Å². The van der Waals surface area contributed by atoms with Crippen molar-refractivity contribution in [3.63, 3.8) is 0 Å². The summed E-state index contributed by atoms with van der Waals surface area (Å²) in [7, 11) is 1.66. The molecule has 2 atom stereocenters. The third kappa shape index (κ3) is 4.37. The summed E-state index contributed by atoms with van der Waals surface area (Å²) >= 11 is 0. The molecule has 84 valence electrons. The van der Waals surface area contributed by atoms with Gasteiger partial charge in [-0.25, -0.2) is 0 Å². The fraction of sp³-hybridized carbons (Fsp3) is 1.00. The van der Waals surface area contributed by atoms with E-state index >= 15 is 0 Å². The van der Waals surface area contributed by atoms with E-state index in [1.165, 1.54) is 12.8 Å². The Morgan fingerprint density at radius 3 is 2.93 bits per heavy atom. The van der Waals surface area contributed by atoms with Gasteiger partial charge >= 0.3 is 0 Å². The molecule has 4 heteroatoms.